The summed E-state index contributed by atoms with van der Waals surface area (Å²) in [6, 6.07) is 3.82. The first-order valence-corrected chi connectivity index (χ1v) is 9.89. The number of nitrogens with one attached hydrogen (secondary N) is 2. The summed E-state index contributed by atoms with van der Waals surface area (Å²) < 4.78 is 43.9. The first-order valence-electron chi connectivity index (χ1n) is 8.13. The Labute approximate surface area is 168 Å². The number of furan rings is 1. The van der Waals surface area contributed by atoms with E-state index in [1.165, 1.54) is 17.6 Å². The summed E-state index contributed by atoms with van der Waals surface area (Å²) in [6.07, 6.45) is -3.24. The molecule has 0 aromatic carbocycles. The van der Waals surface area contributed by atoms with Gasteiger partial charge in [-0.3, -0.25) is 9.59 Å². The zero-order chi connectivity index (χ0) is 20.8. The van der Waals surface area contributed by atoms with Crippen LogP contribution in [0.1, 0.15) is 23.7 Å². The maximum absolute atomic E-state index is 12.9. The highest BCUT2D eigenvalue weighted by atomic mass is 32.2. The van der Waals surface area contributed by atoms with Gasteiger partial charge in [-0.2, -0.15) is 13.2 Å². The maximum atomic E-state index is 12.9. The Hall–Kier alpha value is -2.86. The van der Waals surface area contributed by atoms with Crippen LogP contribution in [0, 0.1) is 0 Å². The minimum Gasteiger partial charge on any atom is -0.464 e. The number of thiophene rings is 1. The van der Waals surface area contributed by atoms with Crippen molar-refractivity contribution in [3.8, 4) is 11.3 Å². The van der Waals surface area contributed by atoms with Gasteiger partial charge in [-0.15, -0.1) is 11.3 Å². The second-order valence-corrected chi connectivity index (χ2v) is 8.14. The zero-order valence-corrected chi connectivity index (χ0v) is 16.2. The van der Waals surface area contributed by atoms with Crippen molar-refractivity contribution < 1.29 is 17.6 Å². The van der Waals surface area contributed by atoms with E-state index in [4.69, 9.17) is 4.42 Å². The Kier molecular flexibility index (Phi) is 4.82. The molecule has 0 bridgehead atoms. The largest absolute Gasteiger partial charge is 0.464 e. The minimum absolute atomic E-state index is 0.220. The predicted octanol–water partition coefficient (Wildman–Crippen LogP) is 4.20. The van der Waals surface area contributed by atoms with E-state index < -0.39 is 28.2 Å². The van der Waals surface area contributed by atoms with Gasteiger partial charge in [0.05, 0.1) is 16.9 Å². The summed E-state index contributed by atoms with van der Waals surface area (Å²) in [4.78, 5) is 37.4. The van der Waals surface area contributed by atoms with Crippen LogP contribution in [0.2, 0.25) is 0 Å². The van der Waals surface area contributed by atoms with Crippen LogP contribution < -0.4 is 11.1 Å². The van der Waals surface area contributed by atoms with E-state index in [1.807, 2.05) is 0 Å². The van der Waals surface area contributed by atoms with Gasteiger partial charge in [0.2, 0.25) is 0 Å². The SMILES string of the molecule is CC(Sc1nc(C(F)(F)F)cc(=O)[nH]1)c1nc2scc(-c3ccco3)c2c(=O)[nH]1. The summed E-state index contributed by atoms with van der Waals surface area (Å²) in [5.74, 6) is 0.782. The van der Waals surface area contributed by atoms with Crippen molar-refractivity contribution in [2.24, 2.45) is 0 Å². The standard InChI is InChI=1S/C17H11F3N4O3S2/c1-7(29-16-21-10(17(18,19)20)5-11(25)22-16)13-23-14(26)12-8(6-28-15(12)24-13)9-3-2-4-27-9/h2-7H,1H3,(H,21,22,25)(H,23,24,26). The summed E-state index contributed by atoms with van der Waals surface area (Å²) >= 11 is 2.10. The number of hydrogen-bond donors (Lipinski definition) is 2. The number of hydrogen-bond acceptors (Lipinski definition) is 7. The van der Waals surface area contributed by atoms with E-state index in [1.54, 1.807) is 24.4 Å². The van der Waals surface area contributed by atoms with Crippen LogP contribution in [0.4, 0.5) is 13.2 Å². The number of rotatable bonds is 4. The van der Waals surface area contributed by atoms with Crippen LogP contribution in [0.5, 0.6) is 0 Å². The molecule has 0 saturated carbocycles. The molecule has 0 saturated heterocycles. The van der Waals surface area contributed by atoms with Gasteiger partial charge in [-0.25, -0.2) is 9.97 Å². The Morgan fingerprint density at radius 2 is 2.03 bits per heavy atom. The molecule has 0 aliphatic rings. The normalized spacial score (nSPS) is 13.1. The van der Waals surface area contributed by atoms with Gasteiger partial charge in [0, 0.05) is 17.0 Å². The number of alkyl halides is 3. The molecule has 7 nitrogen and oxygen atoms in total. The molecule has 1 unspecified atom stereocenters. The van der Waals surface area contributed by atoms with E-state index in [0.717, 1.165) is 11.8 Å². The first kappa shape index (κ1) is 19.5. The van der Waals surface area contributed by atoms with E-state index in [9.17, 15) is 22.8 Å². The molecule has 150 valence electrons. The number of aromatic amines is 2. The fraction of sp³-hybridized carbons (Fsp3) is 0.176. The maximum Gasteiger partial charge on any atom is 0.433 e. The summed E-state index contributed by atoms with van der Waals surface area (Å²) in [6.45, 7) is 1.63. The molecule has 0 amide bonds. The molecule has 4 heterocycles. The number of halogens is 3. The van der Waals surface area contributed by atoms with E-state index in [0.29, 0.717) is 27.6 Å². The zero-order valence-electron chi connectivity index (χ0n) is 14.5. The van der Waals surface area contributed by atoms with E-state index >= 15 is 0 Å². The average molecular weight is 440 g/mol. The number of nitrogens with zero attached hydrogens (tertiary/aromatic N) is 2. The predicted molar refractivity (Wildman–Crippen MR) is 102 cm³/mol. The smallest absolute Gasteiger partial charge is 0.433 e. The van der Waals surface area contributed by atoms with Crippen molar-refractivity contribution in [2.75, 3.05) is 0 Å². The lowest BCUT2D eigenvalue weighted by Crippen LogP contribution is -2.17. The minimum atomic E-state index is -4.74. The quantitative estimate of drug-likeness (QED) is 0.364. The van der Waals surface area contributed by atoms with E-state index in [-0.39, 0.29) is 11.0 Å². The lowest BCUT2D eigenvalue weighted by molar-refractivity contribution is -0.141. The van der Waals surface area contributed by atoms with Crippen LogP contribution in [0.25, 0.3) is 21.5 Å². The van der Waals surface area contributed by atoms with Crippen LogP contribution >= 0.6 is 23.1 Å². The van der Waals surface area contributed by atoms with Crippen molar-refractivity contribution in [1.29, 1.82) is 0 Å². The van der Waals surface area contributed by atoms with Gasteiger partial charge < -0.3 is 14.4 Å². The number of thioether (sulfide) groups is 1. The Morgan fingerprint density at radius 1 is 1.24 bits per heavy atom. The molecular formula is C17H11F3N4O3S2. The fourth-order valence-electron chi connectivity index (χ4n) is 2.63. The molecule has 2 N–H and O–H groups in total. The van der Waals surface area contributed by atoms with Crippen molar-refractivity contribution in [2.45, 2.75) is 23.5 Å². The summed E-state index contributed by atoms with van der Waals surface area (Å²) in [5, 5.41) is 1.33. The second kappa shape index (κ2) is 7.19. The average Bonchev–Trinajstić information content (AvgIpc) is 3.29. The number of fused-ring (bicyclic) bond motifs is 1. The highest BCUT2D eigenvalue weighted by Crippen LogP contribution is 2.35. The molecule has 0 radical (unpaired) electrons. The molecule has 4 rings (SSSR count). The van der Waals surface area contributed by atoms with Gasteiger partial charge in [-0.05, 0) is 19.1 Å². The van der Waals surface area contributed by atoms with Crippen LogP contribution in [0.3, 0.4) is 0 Å². The third kappa shape index (κ3) is 3.85. The highest BCUT2D eigenvalue weighted by molar-refractivity contribution is 7.99. The van der Waals surface area contributed by atoms with Crippen molar-refractivity contribution >= 4 is 33.3 Å². The van der Waals surface area contributed by atoms with Crippen molar-refractivity contribution in [3.63, 3.8) is 0 Å². The molecule has 29 heavy (non-hydrogen) atoms. The molecule has 0 aliphatic heterocycles. The van der Waals surface area contributed by atoms with Gasteiger partial charge >= 0.3 is 6.18 Å². The summed E-state index contributed by atoms with van der Waals surface area (Å²) in [5.41, 5.74) is -1.98. The van der Waals surface area contributed by atoms with Crippen LogP contribution in [-0.2, 0) is 6.18 Å². The first-order chi connectivity index (χ1) is 13.7. The molecule has 0 aliphatic carbocycles. The molecule has 0 fully saturated rings. The van der Waals surface area contributed by atoms with Crippen LogP contribution in [0.15, 0.2) is 49.0 Å². The number of H-pyrrole nitrogens is 2. The molecule has 0 spiro atoms. The third-order valence-corrected chi connectivity index (χ3v) is 5.80. The highest BCUT2D eigenvalue weighted by Gasteiger charge is 2.33. The van der Waals surface area contributed by atoms with Gasteiger partial charge in [0.1, 0.15) is 16.4 Å². The molecule has 12 heteroatoms. The second-order valence-electron chi connectivity index (χ2n) is 5.95. The van der Waals surface area contributed by atoms with Gasteiger partial charge in [0.15, 0.2) is 10.9 Å². The van der Waals surface area contributed by atoms with E-state index in [2.05, 4.69) is 19.9 Å². The summed E-state index contributed by atoms with van der Waals surface area (Å²) in [7, 11) is 0. The van der Waals surface area contributed by atoms with Gasteiger partial charge in [0.25, 0.3) is 11.1 Å². The topological polar surface area (TPSA) is 105 Å². The Morgan fingerprint density at radius 3 is 2.72 bits per heavy atom. The Bertz CT molecular complexity index is 1290. The number of aromatic nitrogens is 4. The molecular weight excluding hydrogens is 429 g/mol. The Balaban J connectivity index is 1.68. The van der Waals surface area contributed by atoms with Crippen molar-refractivity contribution in [1.82, 2.24) is 19.9 Å². The molecule has 4 aromatic rings. The third-order valence-electron chi connectivity index (χ3n) is 3.93. The van der Waals surface area contributed by atoms with Crippen LogP contribution in [-0.4, -0.2) is 19.9 Å². The lowest BCUT2D eigenvalue weighted by atomic mass is 10.2. The lowest BCUT2D eigenvalue weighted by Gasteiger charge is -2.11. The van der Waals surface area contributed by atoms with Gasteiger partial charge in [-0.1, -0.05) is 11.8 Å². The molecule has 4 aromatic heterocycles. The monoisotopic (exact) mass is 440 g/mol. The molecule has 1 atom stereocenters. The fourth-order valence-corrected chi connectivity index (χ4v) is 4.43. The van der Waals surface area contributed by atoms with Crippen molar-refractivity contribution in [3.05, 3.63) is 62.1 Å².